The van der Waals surface area contributed by atoms with E-state index in [0.29, 0.717) is 45.5 Å². The van der Waals surface area contributed by atoms with Gasteiger partial charge in [0.2, 0.25) is 0 Å². The minimum absolute atomic E-state index is 0.139. The molecule has 4 aromatic rings. The molecule has 0 fully saturated rings. The summed E-state index contributed by atoms with van der Waals surface area (Å²) in [5.41, 5.74) is 4.38. The van der Waals surface area contributed by atoms with Gasteiger partial charge in [0.25, 0.3) is 5.91 Å². The molecule has 8 heteroatoms. The molecule has 0 aliphatic carbocycles. The maximum absolute atomic E-state index is 14.1. The number of hydrogen-bond donors (Lipinski definition) is 1. The number of carbonyl (C=O) groups excluding carboxylic acids is 1. The zero-order valence-electron chi connectivity index (χ0n) is 15.4. The highest BCUT2D eigenvalue weighted by Crippen LogP contribution is 2.33. The molecule has 5 rings (SSSR count). The Hall–Kier alpha value is -3.22. The summed E-state index contributed by atoms with van der Waals surface area (Å²) in [7, 11) is 0. The predicted octanol–water partition coefficient (Wildman–Crippen LogP) is 5.29. The van der Waals surface area contributed by atoms with Crippen molar-refractivity contribution >= 4 is 29.1 Å². The summed E-state index contributed by atoms with van der Waals surface area (Å²) in [5, 5.41) is 8.34. The van der Waals surface area contributed by atoms with Crippen LogP contribution in [0.3, 0.4) is 0 Å². The van der Waals surface area contributed by atoms with Crippen LogP contribution in [0.5, 0.6) is 0 Å². The molecular formula is C22H13Cl2FN4O. The summed E-state index contributed by atoms with van der Waals surface area (Å²) < 4.78 is 15.7. The molecule has 0 spiro atoms. The Kier molecular flexibility index (Phi) is 4.53. The lowest BCUT2D eigenvalue weighted by atomic mass is 10.1. The minimum Gasteiger partial charge on any atom is -0.348 e. The average molecular weight is 439 g/mol. The van der Waals surface area contributed by atoms with E-state index in [1.165, 1.54) is 12.1 Å². The van der Waals surface area contributed by atoms with Crippen LogP contribution in [0.1, 0.15) is 15.9 Å². The van der Waals surface area contributed by atoms with Gasteiger partial charge in [-0.05, 0) is 48.5 Å². The molecule has 0 atom stereocenters. The normalized spacial score (nSPS) is 12.7. The molecule has 3 heterocycles. The van der Waals surface area contributed by atoms with Crippen molar-refractivity contribution in [2.24, 2.45) is 0 Å². The number of pyridine rings is 1. The summed E-state index contributed by atoms with van der Waals surface area (Å²) in [6.07, 6.45) is 1.58. The molecular weight excluding hydrogens is 426 g/mol. The number of aromatic nitrogens is 3. The Bertz CT molecular complexity index is 1300. The van der Waals surface area contributed by atoms with Gasteiger partial charge in [0.05, 0.1) is 17.1 Å². The lowest BCUT2D eigenvalue weighted by Gasteiger charge is -2.08. The van der Waals surface area contributed by atoms with Crippen molar-refractivity contribution < 1.29 is 9.18 Å². The number of nitrogens with zero attached hydrogens (tertiary/aromatic N) is 3. The summed E-state index contributed by atoms with van der Waals surface area (Å²) in [4.78, 5) is 16.5. The van der Waals surface area contributed by atoms with Crippen LogP contribution in [0.2, 0.25) is 10.0 Å². The summed E-state index contributed by atoms with van der Waals surface area (Å²) in [5.74, 6) is -0.591. The number of fused-ring (bicyclic) bond motifs is 1. The zero-order valence-corrected chi connectivity index (χ0v) is 16.9. The van der Waals surface area contributed by atoms with Gasteiger partial charge in [-0.3, -0.25) is 9.78 Å². The van der Waals surface area contributed by atoms with E-state index in [1.807, 2.05) is 12.1 Å². The number of rotatable bonds is 3. The largest absolute Gasteiger partial charge is 0.348 e. The molecule has 0 bridgehead atoms. The van der Waals surface area contributed by atoms with E-state index in [4.69, 9.17) is 28.3 Å². The fourth-order valence-electron chi connectivity index (χ4n) is 3.58. The first kappa shape index (κ1) is 18.8. The molecule has 1 aliphatic rings. The van der Waals surface area contributed by atoms with Gasteiger partial charge in [0.15, 0.2) is 0 Å². The first-order chi connectivity index (χ1) is 14.5. The van der Waals surface area contributed by atoms with Gasteiger partial charge in [-0.15, -0.1) is 0 Å². The number of hydrogen-bond acceptors (Lipinski definition) is 3. The van der Waals surface area contributed by atoms with Gasteiger partial charge in [-0.2, -0.15) is 5.10 Å². The van der Waals surface area contributed by atoms with Gasteiger partial charge in [-0.1, -0.05) is 29.3 Å². The average Bonchev–Trinajstić information content (AvgIpc) is 3.32. The van der Waals surface area contributed by atoms with Crippen molar-refractivity contribution in [1.82, 2.24) is 20.1 Å². The molecule has 1 aliphatic heterocycles. The lowest BCUT2D eigenvalue weighted by Crippen LogP contribution is -2.12. The van der Waals surface area contributed by atoms with Crippen LogP contribution >= 0.6 is 23.2 Å². The molecule has 2 aromatic carbocycles. The summed E-state index contributed by atoms with van der Waals surface area (Å²) in [6, 6.07) is 15.0. The van der Waals surface area contributed by atoms with Crippen molar-refractivity contribution in [1.29, 1.82) is 0 Å². The zero-order chi connectivity index (χ0) is 20.8. The number of amides is 1. The van der Waals surface area contributed by atoms with Crippen LogP contribution in [0.15, 0.2) is 60.8 Å². The van der Waals surface area contributed by atoms with Crippen molar-refractivity contribution in [2.45, 2.75) is 6.54 Å². The van der Waals surface area contributed by atoms with Crippen LogP contribution < -0.4 is 5.32 Å². The van der Waals surface area contributed by atoms with E-state index < -0.39 is 5.82 Å². The van der Waals surface area contributed by atoms with Crippen LogP contribution in [-0.2, 0) is 6.54 Å². The van der Waals surface area contributed by atoms with Gasteiger partial charge in [-0.25, -0.2) is 9.07 Å². The van der Waals surface area contributed by atoms with Gasteiger partial charge >= 0.3 is 0 Å². The first-order valence-corrected chi connectivity index (χ1v) is 9.84. The first-order valence-electron chi connectivity index (χ1n) is 9.08. The third-order valence-corrected chi connectivity index (χ3v) is 5.34. The Morgan fingerprint density at radius 3 is 2.70 bits per heavy atom. The molecule has 0 radical (unpaired) electrons. The third kappa shape index (κ3) is 3.24. The van der Waals surface area contributed by atoms with E-state index in [1.54, 1.807) is 41.2 Å². The second-order valence-corrected chi connectivity index (χ2v) is 7.71. The smallest absolute Gasteiger partial charge is 0.252 e. The van der Waals surface area contributed by atoms with E-state index in [9.17, 15) is 9.18 Å². The SMILES string of the molecule is O=C1NCc2c1ccnc2-c1cc(-c2cc(F)cc(Cl)c2)n(-c2cccc(Cl)c2)n1. The Morgan fingerprint density at radius 1 is 1.03 bits per heavy atom. The number of halogens is 3. The second kappa shape index (κ2) is 7.23. The van der Waals surface area contributed by atoms with Crippen molar-refractivity contribution in [3.63, 3.8) is 0 Å². The molecule has 2 aromatic heterocycles. The number of carbonyl (C=O) groups is 1. The minimum atomic E-state index is -0.452. The van der Waals surface area contributed by atoms with E-state index in [2.05, 4.69) is 10.3 Å². The summed E-state index contributed by atoms with van der Waals surface area (Å²) >= 11 is 12.3. The van der Waals surface area contributed by atoms with Crippen molar-refractivity contribution in [3.05, 3.63) is 87.8 Å². The highest BCUT2D eigenvalue weighted by Gasteiger charge is 2.25. The van der Waals surface area contributed by atoms with Crippen molar-refractivity contribution in [2.75, 3.05) is 0 Å². The van der Waals surface area contributed by atoms with Gasteiger partial charge in [0, 0.05) is 39.5 Å². The maximum atomic E-state index is 14.1. The van der Waals surface area contributed by atoms with Crippen LogP contribution in [0.25, 0.3) is 28.3 Å². The van der Waals surface area contributed by atoms with Crippen LogP contribution in [-0.4, -0.2) is 20.7 Å². The fraction of sp³-hybridized carbons (Fsp3) is 0.0455. The van der Waals surface area contributed by atoms with E-state index >= 15 is 0 Å². The molecule has 0 saturated heterocycles. The molecule has 0 saturated carbocycles. The maximum Gasteiger partial charge on any atom is 0.252 e. The second-order valence-electron chi connectivity index (χ2n) is 6.83. The van der Waals surface area contributed by atoms with Crippen LogP contribution in [0.4, 0.5) is 4.39 Å². The monoisotopic (exact) mass is 438 g/mol. The van der Waals surface area contributed by atoms with E-state index in [0.717, 1.165) is 5.56 Å². The molecule has 30 heavy (non-hydrogen) atoms. The molecule has 1 amide bonds. The van der Waals surface area contributed by atoms with Crippen molar-refractivity contribution in [3.8, 4) is 28.3 Å². The number of nitrogens with one attached hydrogen (secondary N) is 1. The van der Waals surface area contributed by atoms with Crippen LogP contribution in [0, 0.1) is 5.82 Å². The number of benzene rings is 2. The molecule has 1 N–H and O–H groups in total. The fourth-order valence-corrected chi connectivity index (χ4v) is 3.98. The van der Waals surface area contributed by atoms with Gasteiger partial charge in [0.1, 0.15) is 11.5 Å². The third-order valence-electron chi connectivity index (χ3n) is 4.89. The Balaban J connectivity index is 1.75. The van der Waals surface area contributed by atoms with Gasteiger partial charge < -0.3 is 5.32 Å². The molecule has 148 valence electrons. The highest BCUT2D eigenvalue weighted by molar-refractivity contribution is 6.31. The summed E-state index contributed by atoms with van der Waals surface area (Å²) in [6.45, 7) is 0.377. The lowest BCUT2D eigenvalue weighted by molar-refractivity contribution is 0.0965. The Morgan fingerprint density at radius 2 is 1.90 bits per heavy atom. The molecule has 0 unspecified atom stereocenters. The predicted molar refractivity (Wildman–Crippen MR) is 113 cm³/mol. The molecule has 5 nitrogen and oxygen atoms in total. The quantitative estimate of drug-likeness (QED) is 0.472. The van der Waals surface area contributed by atoms with E-state index in [-0.39, 0.29) is 10.9 Å². The standard InChI is InChI=1S/C22H13Cl2FN4O/c23-13-2-1-3-16(9-13)29-20(12-6-14(24)8-15(25)7-12)10-19(28-29)21-18-11-27-22(30)17(18)4-5-26-21/h1-10H,11H2,(H,27,30). The topological polar surface area (TPSA) is 59.8 Å². The Labute approximate surface area is 181 Å². The highest BCUT2D eigenvalue weighted by atomic mass is 35.5.